The van der Waals surface area contributed by atoms with Gasteiger partial charge in [-0.05, 0) is 32.2 Å². The number of rotatable bonds is 5. The lowest BCUT2D eigenvalue weighted by atomic mass is 9.92. The standard InChI is InChI=1S/C14H20F3N3/c1-2-8-18-11-4-3-5-12-10(11)9-19-13(20-12)6-7-14(15,16)17/h9,11,18H,2-8H2,1H3. The Bertz CT molecular complexity index is 446. The molecule has 0 saturated heterocycles. The fourth-order valence-corrected chi connectivity index (χ4v) is 2.49. The average molecular weight is 287 g/mol. The van der Waals surface area contributed by atoms with Gasteiger partial charge in [0.2, 0.25) is 0 Å². The lowest BCUT2D eigenvalue weighted by molar-refractivity contribution is -0.134. The van der Waals surface area contributed by atoms with Gasteiger partial charge in [0, 0.05) is 29.9 Å². The molecule has 0 aliphatic heterocycles. The Morgan fingerprint density at radius 2 is 2.20 bits per heavy atom. The summed E-state index contributed by atoms with van der Waals surface area (Å²) in [4.78, 5) is 8.43. The third-order valence-corrected chi connectivity index (χ3v) is 3.50. The Balaban J connectivity index is 2.07. The molecule has 0 spiro atoms. The number of hydrogen-bond acceptors (Lipinski definition) is 3. The molecule has 1 heterocycles. The Hall–Kier alpha value is -1.17. The highest BCUT2D eigenvalue weighted by Gasteiger charge is 2.28. The average Bonchev–Trinajstić information content (AvgIpc) is 2.41. The molecule has 0 radical (unpaired) electrons. The molecule has 0 fully saturated rings. The molecule has 3 nitrogen and oxygen atoms in total. The highest BCUT2D eigenvalue weighted by Crippen LogP contribution is 2.28. The third kappa shape index (κ3) is 4.16. The molecule has 20 heavy (non-hydrogen) atoms. The molecule has 0 saturated carbocycles. The molecular formula is C14H20F3N3. The molecule has 1 atom stereocenters. The van der Waals surface area contributed by atoms with Crippen LogP contribution >= 0.6 is 0 Å². The maximum Gasteiger partial charge on any atom is 0.389 e. The quantitative estimate of drug-likeness (QED) is 0.902. The lowest BCUT2D eigenvalue weighted by Gasteiger charge is -2.25. The molecule has 1 unspecified atom stereocenters. The van der Waals surface area contributed by atoms with Gasteiger partial charge in [-0.2, -0.15) is 13.2 Å². The molecule has 1 aromatic heterocycles. The first-order valence-corrected chi connectivity index (χ1v) is 7.14. The second kappa shape index (κ2) is 6.52. The first-order valence-electron chi connectivity index (χ1n) is 7.14. The summed E-state index contributed by atoms with van der Waals surface area (Å²) < 4.78 is 36.6. The van der Waals surface area contributed by atoms with Crippen molar-refractivity contribution in [2.75, 3.05) is 6.54 Å². The summed E-state index contributed by atoms with van der Waals surface area (Å²) in [5.41, 5.74) is 1.97. The monoisotopic (exact) mass is 287 g/mol. The van der Waals surface area contributed by atoms with Crippen LogP contribution in [0.4, 0.5) is 13.2 Å². The van der Waals surface area contributed by atoms with Gasteiger partial charge in [-0.25, -0.2) is 9.97 Å². The minimum atomic E-state index is -4.15. The molecule has 0 amide bonds. The summed E-state index contributed by atoms with van der Waals surface area (Å²) in [7, 11) is 0. The number of aryl methyl sites for hydroxylation is 2. The SMILES string of the molecule is CCCNC1CCCc2nc(CCC(F)(F)F)ncc21. The van der Waals surface area contributed by atoms with E-state index in [0.717, 1.165) is 43.5 Å². The van der Waals surface area contributed by atoms with Gasteiger partial charge in [0.25, 0.3) is 0 Å². The number of alkyl halides is 3. The van der Waals surface area contributed by atoms with E-state index in [1.165, 1.54) is 0 Å². The van der Waals surface area contributed by atoms with Crippen LogP contribution in [0.15, 0.2) is 6.20 Å². The first-order chi connectivity index (χ1) is 9.49. The van der Waals surface area contributed by atoms with E-state index in [-0.39, 0.29) is 12.5 Å². The molecule has 6 heteroatoms. The van der Waals surface area contributed by atoms with Crippen molar-refractivity contribution in [3.8, 4) is 0 Å². The largest absolute Gasteiger partial charge is 0.389 e. The van der Waals surface area contributed by atoms with Crippen LogP contribution in [-0.2, 0) is 12.8 Å². The fraction of sp³-hybridized carbons (Fsp3) is 0.714. The van der Waals surface area contributed by atoms with Crippen LogP contribution in [0.25, 0.3) is 0 Å². The third-order valence-electron chi connectivity index (χ3n) is 3.50. The normalized spacial score (nSPS) is 18.9. The van der Waals surface area contributed by atoms with E-state index in [1.807, 2.05) is 0 Å². The molecule has 2 rings (SSSR count). The smallest absolute Gasteiger partial charge is 0.310 e. The van der Waals surface area contributed by atoms with Gasteiger partial charge >= 0.3 is 6.18 Å². The van der Waals surface area contributed by atoms with Gasteiger partial charge < -0.3 is 5.32 Å². The molecule has 0 aromatic carbocycles. The molecule has 0 bridgehead atoms. The highest BCUT2D eigenvalue weighted by molar-refractivity contribution is 5.24. The summed E-state index contributed by atoms with van der Waals surface area (Å²) in [5, 5.41) is 3.44. The molecular weight excluding hydrogens is 267 g/mol. The molecule has 1 N–H and O–H groups in total. The Kier molecular flexibility index (Phi) is 4.96. The number of hydrogen-bond donors (Lipinski definition) is 1. The van der Waals surface area contributed by atoms with E-state index >= 15 is 0 Å². The van der Waals surface area contributed by atoms with E-state index in [2.05, 4.69) is 22.2 Å². The predicted octanol–water partition coefficient (Wildman–Crippen LogP) is 3.35. The van der Waals surface area contributed by atoms with E-state index < -0.39 is 12.6 Å². The van der Waals surface area contributed by atoms with Gasteiger partial charge in [-0.1, -0.05) is 6.92 Å². The number of nitrogens with one attached hydrogen (secondary N) is 1. The molecule has 1 aromatic rings. The number of halogens is 3. The van der Waals surface area contributed by atoms with Gasteiger partial charge in [0.15, 0.2) is 0 Å². The van der Waals surface area contributed by atoms with Gasteiger partial charge in [-0.3, -0.25) is 0 Å². The lowest BCUT2D eigenvalue weighted by Crippen LogP contribution is -2.27. The van der Waals surface area contributed by atoms with Crippen molar-refractivity contribution in [3.63, 3.8) is 0 Å². The molecule has 112 valence electrons. The topological polar surface area (TPSA) is 37.8 Å². The van der Waals surface area contributed by atoms with Crippen LogP contribution < -0.4 is 5.32 Å². The minimum Gasteiger partial charge on any atom is -0.310 e. The van der Waals surface area contributed by atoms with Crippen molar-refractivity contribution < 1.29 is 13.2 Å². The van der Waals surface area contributed by atoms with Crippen LogP contribution in [0.2, 0.25) is 0 Å². The van der Waals surface area contributed by atoms with Crippen molar-refractivity contribution in [1.29, 1.82) is 0 Å². The van der Waals surface area contributed by atoms with Crippen molar-refractivity contribution in [2.24, 2.45) is 0 Å². The summed E-state index contributed by atoms with van der Waals surface area (Å²) in [5.74, 6) is 0.303. The van der Waals surface area contributed by atoms with Crippen molar-refractivity contribution in [2.45, 2.75) is 57.7 Å². The number of fused-ring (bicyclic) bond motifs is 1. The first kappa shape index (κ1) is 15.2. The Labute approximate surface area is 117 Å². The van der Waals surface area contributed by atoms with E-state index in [0.29, 0.717) is 5.82 Å². The predicted molar refractivity (Wildman–Crippen MR) is 70.4 cm³/mol. The Morgan fingerprint density at radius 1 is 1.40 bits per heavy atom. The van der Waals surface area contributed by atoms with Gasteiger partial charge in [0.1, 0.15) is 5.82 Å². The highest BCUT2D eigenvalue weighted by atomic mass is 19.4. The second-order valence-corrected chi connectivity index (χ2v) is 5.20. The molecule has 1 aliphatic rings. The van der Waals surface area contributed by atoms with Crippen molar-refractivity contribution in [1.82, 2.24) is 15.3 Å². The van der Waals surface area contributed by atoms with Crippen LogP contribution in [0.3, 0.4) is 0 Å². The van der Waals surface area contributed by atoms with E-state index in [9.17, 15) is 13.2 Å². The van der Waals surface area contributed by atoms with Crippen LogP contribution in [0, 0.1) is 0 Å². The fourth-order valence-electron chi connectivity index (χ4n) is 2.49. The van der Waals surface area contributed by atoms with Crippen LogP contribution in [0.5, 0.6) is 0 Å². The van der Waals surface area contributed by atoms with Crippen LogP contribution in [-0.4, -0.2) is 22.7 Å². The Morgan fingerprint density at radius 3 is 2.90 bits per heavy atom. The zero-order valence-corrected chi connectivity index (χ0v) is 11.6. The van der Waals surface area contributed by atoms with Crippen molar-refractivity contribution in [3.05, 3.63) is 23.3 Å². The maximum absolute atomic E-state index is 12.2. The van der Waals surface area contributed by atoms with Gasteiger partial charge in [-0.15, -0.1) is 0 Å². The summed E-state index contributed by atoms with van der Waals surface area (Å²) in [6.07, 6.45) is 0.512. The zero-order valence-electron chi connectivity index (χ0n) is 11.6. The summed E-state index contributed by atoms with van der Waals surface area (Å²) in [6.45, 7) is 3.04. The van der Waals surface area contributed by atoms with Crippen LogP contribution in [0.1, 0.15) is 55.7 Å². The summed E-state index contributed by atoms with van der Waals surface area (Å²) >= 11 is 0. The maximum atomic E-state index is 12.2. The minimum absolute atomic E-state index is 0.135. The van der Waals surface area contributed by atoms with E-state index in [1.54, 1.807) is 6.20 Å². The number of aromatic nitrogens is 2. The summed E-state index contributed by atoms with van der Waals surface area (Å²) in [6, 6.07) is 0.246. The second-order valence-electron chi connectivity index (χ2n) is 5.20. The number of nitrogens with zero attached hydrogens (tertiary/aromatic N) is 2. The van der Waals surface area contributed by atoms with Gasteiger partial charge in [0.05, 0.1) is 6.42 Å². The van der Waals surface area contributed by atoms with E-state index in [4.69, 9.17) is 0 Å². The van der Waals surface area contributed by atoms with Crippen molar-refractivity contribution >= 4 is 0 Å². The molecule has 1 aliphatic carbocycles. The zero-order chi connectivity index (χ0) is 14.6.